The minimum atomic E-state index is -0.118. The lowest BCUT2D eigenvalue weighted by molar-refractivity contribution is 0.396. The molecule has 0 atom stereocenters. The highest BCUT2D eigenvalue weighted by molar-refractivity contribution is 6.28. The zero-order chi connectivity index (χ0) is 43.2. The molecule has 308 valence electrons. The first-order valence-electron chi connectivity index (χ1n) is 19.9. The number of nitrogens with zero attached hydrogens (tertiary/aromatic N) is 6. The fraction of sp³-hybridized carbons (Fsp3) is 0.160. The molecule has 62 heavy (non-hydrogen) atoms. The Bertz CT molecular complexity index is 2560. The van der Waals surface area contributed by atoms with E-state index in [-0.39, 0.29) is 45.4 Å². The van der Waals surface area contributed by atoms with Gasteiger partial charge in [0.25, 0.3) is 0 Å². The maximum atomic E-state index is 6.34. The molecule has 0 fully saturated rings. The predicted octanol–water partition coefficient (Wildman–Crippen LogP) is 14.1. The van der Waals surface area contributed by atoms with Crippen LogP contribution in [0.15, 0.2) is 133 Å². The summed E-state index contributed by atoms with van der Waals surface area (Å²) in [7, 11) is 0. The molecular weight excluding hydrogens is 819 g/mol. The average Bonchev–Trinajstić information content (AvgIpc) is 3.23. The van der Waals surface area contributed by atoms with Crippen LogP contribution >= 0.6 is 23.2 Å². The summed E-state index contributed by atoms with van der Waals surface area (Å²) in [6, 6.07) is 44.1. The molecule has 0 saturated carbocycles. The van der Waals surface area contributed by atoms with Crippen molar-refractivity contribution >= 4 is 23.2 Å². The monoisotopic (exact) mass is 858 g/mol. The van der Waals surface area contributed by atoms with Crippen molar-refractivity contribution in [1.82, 2.24) is 29.9 Å². The van der Waals surface area contributed by atoms with E-state index in [1.54, 1.807) is 0 Å². The number of aromatic nitrogens is 6. The van der Waals surface area contributed by atoms with Crippen LogP contribution in [0.1, 0.15) is 52.7 Å². The van der Waals surface area contributed by atoms with Crippen molar-refractivity contribution in [3.05, 3.63) is 155 Å². The molecule has 2 aromatic heterocycles. The topological polar surface area (TPSA) is 114 Å². The largest absolute Gasteiger partial charge is 0.424 e. The minimum absolute atomic E-state index is 0.00458. The van der Waals surface area contributed by atoms with Gasteiger partial charge in [0, 0.05) is 0 Å². The third kappa shape index (κ3) is 9.22. The highest BCUT2D eigenvalue weighted by Crippen LogP contribution is 2.38. The Morgan fingerprint density at radius 3 is 0.742 bits per heavy atom. The molecule has 0 saturated heterocycles. The van der Waals surface area contributed by atoms with Gasteiger partial charge in [-0.1, -0.05) is 114 Å². The lowest BCUT2D eigenvalue weighted by Gasteiger charge is -2.22. The van der Waals surface area contributed by atoms with Crippen LogP contribution in [-0.2, 0) is 10.8 Å². The third-order valence-corrected chi connectivity index (χ3v) is 10.7. The van der Waals surface area contributed by atoms with Crippen LogP contribution in [0.25, 0.3) is 44.5 Å². The molecule has 16 bridgehead atoms. The summed E-state index contributed by atoms with van der Waals surface area (Å²) < 4.78 is 24.3. The van der Waals surface area contributed by atoms with Gasteiger partial charge in [-0.2, -0.15) is 19.9 Å². The van der Waals surface area contributed by atoms with E-state index in [0.29, 0.717) is 23.0 Å². The zero-order valence-corrected chi connectivity index (χ0v) is 36.3. The maximum Gasteiger partial charge on any atom is 0.329 e. The average molecular weight is 860 g/mol. The minimum Gasteiger partial charge on any atom is -0.424 e. The normalized spacial score (nSPS) is 12.4. The van der Waals surface area contributed by atoms with Crippen LogP contribution in [0.2, 0.25) is 10.6 Å². The number of rotatable bonds is 0. The third-order valence-electron chi connectivity index (χ3n) is 10.3. The van der Waals surface area contributed by atoms with Crippen molar-refractivity contribution in [2.24, 2.45) is 0 Å². The highest BCUT2D eigenvalue weighted by Gasteiger charge is 2.20. The molecule has 0 aliphatic carbocycles. The second-order valence-electron chi connectivity index (χ2n) is 16.9. The smallest absolute Gasteiger partial charge is 0.329 e. The lowest BCUT2D eigenvalue weighted by atomic mass is 9.83. The van der Waals surface area contributed by atoms with Gasteiger partial charge in [-0.3, -0.25) is 0 Å². The van der Waals surface area contributed by atoms with Crippen LogP contribution in [0, 0.1) is 0 Å². The Morgan fingerprint density at radius 2 is 0.532 bits per heavy atom. The number of hydrogen-bond acceptors (Lipinski definition) is 10. The lowest BCUT2D eigenvalue weighted by Crippen LogP contribution is -2.11. The van der Waals surface area contributed by atoms with Crippen LogP contribution in [0.4, 0.5) is 0 Å². The molecule has 0 radical (unpaired) electrons. The fourth-order valence-electron chi connectivity index (χ4n) is 6.88. The van der Waals surface area contributed by atoms with Gasteiger partial charge < -0.3 is 18.9 Å². The van der Waals surface area contributed by atoms with Crippen LogP contribution in [-0.4, -0.2) is 29.9 Å². The molecule has 7 aliphatic rings. The van der Waals surface area contributed by atoms with Gasteiger partial charge in [-0.05, 0) is 150 Å². The van der Waals surface area contributed by atoms with E-state index in [1.807, 2.05) is 97.1 Å². The van der Waals surface area contributed by atoms with Gasteiger partial charge in [0.1, 0.15) is 23.0 Å². The molecule has 0 N–H and O–H groups in total. The number of ether oxygens (including phenoxy) is 4. The first-order valence-corrected chi connectivity index (χ1v) is 20.7. The van der Waals surface area contributed by atoms with Gasteiger partial charge in [0.2, 0.25) is 10.6 Å². The van der Waals surface area contributed by atoms with Gasteiger partial charge in [-0.15, -0.1) is 9.97 Å². The molecule has 8 aromatic rings. The van der Waals surface area contributed by atoms with E-state index in [9.17, 15) is 0 Å². The Hall–Kier alpha value is -6.88. The predicted molar refractivity (Wildman–Crippen MR) is 242 cm³/mol. The van der Waals surface area contributed by atoms with E-state index in [1.165, 1.54) is 11.1 Å². The fourth-order valence-corrected chi connectivity index (χ4v) is 7.17. The Labute approximate surface area is 369 Å². The SMILES string of the molecule is CC(C)(C)c1cc2cc(c1)-c1ccc(cc1)Oc1nc(Cl)nc(n1)Oc1ccc(cc1)-c1cc(cc(C(C)(C)C)c1)-c1ccc(cc1)Oc1nc(Cl)nc(n1)Oc1ccc-2cc1. The zero-order valence-electron chi connectivity index (χ0n) is 34.8. The second kappa shape index (κ2) is 16.2. The van der Waals surface area contributed by atoms with E-state index < -0.39 is 0 Å². The second-order valence-corrected chi connectivity index (χ2v) is 17.6. The Balaban J connectivity index is 1.11. The maximum absolute atomic E-state index is 6.34. The molecule has 6 aromatic carbocycles. The highest BCUT2D eigenvalue weighted by atomic mass is 35.5. The van der Waals surface area contributed by atoms with Crippen molar-refractivity contribution in [3.63, 3.8) is 0 Å². The molecule has 15 rings (SSSR count). The summed E-state index contributed by atoms with van der Waals surface area (Å²) in [5, 5.41) is -0.119. The standard InChI is InChI=1S/C50H40Cl2N6O4/c1-49(2,3)37-25-33-23-34(26-37)30-9-17-40(18-10-30)60-46-54-44(52)56-48(58-46)62-42-21-13-32(14-22-42)36-24-35(27-38(28-36)50(4,5)6)31-11-19-41(20-12-31)61-47-55-43(51)53-45(57-47)59-39-15-7-29(33)8-16-39/h7-28H,1-6H3. The van der Waals surface area contributed by atoms with Gasteiger partial charge in [0.15, 0.2) is 0 Å². The number of benzene rings is 6. The number of halogens is 2. The summed E-state index contributed by atoms with van der Waals surface area (Å²) in [5.41, 5.74) is 10.3. The van der Waals surface area contributed by atoms with Crippen molar-refractivity contribution in [3.8, 4) is 91.5 Å². The van der Waals surface area contributed by atoms with Crippen molar-refractivity contribution in [1.29, 1.82) is 0 Å². The van der Waals surface area contributed by atoms with E-state index in [0.717, 1.165) is 44.5 Å². The first-order chi connectivity index (χ1) is 29.7. The van der Waals surface area contributed by atoms with Crippen LogP contribution < -0.4 is 18.9 Å². The molecule has 0 spiro atoms. The van der Waals surface area contributed by atoms with E-state index >= 15 is 0 Å². The van der Waals surface area contributed by atoms with Gasteiger partial charge in [-0.25, -0.2) is 0 Å². The van der Waals surface area contributed by atoms with Gasteiger partial charge >= 0.3 is 24.0 Å². The quantitative estimate of drug-likeness (QED) is 0.146. The molecule has 10 nitrogen and oxygen atoms in total. The van der Waals surface area contributed by atoms with Crippen molar-refractivity contribution < 1.29 is 18.9 Å². The summed E-state index contributed by atoms with van der Waals surface area (Å²) in [6.07, 6.45) is 0. The van der Waals surface area contributed by atoms with Crippen LogP contribution in [0.5, 0.6) is 47.0 Å². The summed E-state index contributed by atoms with van der Waals surface area (Å²) >= 11 is 12.7. The Morgan fingerprint density at radius 1 is 0.306 bits per heavy atom. The summed E-state index contributed by atoms with van der Waals surface area (Å²) in [4.78, 5) is 25.6. The molecule has 12 heteroatoms. The molecular formula is C50H40Cl2N6O4. The van der Waals surface area contributed by atoms with Crippen molar-refractivity contribution in [2.45, 2.75) is 52.4 Å². The Kier molecular flexibility index (Phi) is 10.6. The van der Waals surface area contributed by atoms with Crippen LogP contribution in [0.3, 0.4) is 0 Å². The number of hydrogen-bond donors (Lipinski definition) is 0. The summed E-state index contributed by atoms with van der Waals surface area (Å²) in [5.74, 6) is 2.08. The molecule has 0 amide bonds. The van der Waals surface area contributed by atoms with E-state index in [2.05, 4.69) is 108 Å². The van der Waals surface area contributed by atoms with Gasteiger partial charge in [0.05, 0.1) is 0 Å². The molecule has 7 aliphatic heterocycles. The molecule has 9 heterocycles. The molecule has 0 unspecified atom stereocenters. The van der Waals surface area contributed by atoms with Crippen molar-refractivity contribution in [2.75, 3.05) is 0 Å². The summed E-state index contributed by atoms with van der Waals surface area (Å²) in [6.45, 7) is 13.2. The van der Waals surface area contributed by atoms with E-state index in [4.69, 9.17) is 42.1 Å². The first kappa shape index (κ1) is 40.5.